The number of nitrogens with one attached hydrogen (secondary N) is 1. The van der Waals surface area contributed by atoms with Crippen LogP contribution in [0.25, 0.3) is 0 Å². The van der Waals surface area contributed by atoms with Crippen LogP contribution in [0.5, 0.6) is 0 Å². The molecule has 1 aliphatic rings. The van der Waals surface area contributed by atoms with E-state index in [9.17, 15) is 0 Å². The van der Waals surface area contributed by atoms with Gasteiger partial charge in [-0.3, -0.25) is 9.89 Å². The number of piperidine rings is 1. The van der Waals surface area contributed by atoms with Crippen LogP contribution < -0.4 is 11.1 Å². The van der Waals surface area contributed by atoms with Crippen molar-refractivity contribution in [1.29, 1.82) is 0 Å². The van der Waals surface area contributed by atoms with Crippen LogP contribution in [0.15, 0.2) is 22.5 Å². The predicted octanol–water partition coefficient (Wildman–Crippen LogP) is 3.06. The molecule has 2 atom stereocenters. The lowest BCUT2D eigenvalue weighted by molar-refractivity contribution is 0.128. The highest BCUT2D eigenvalue weighted by Crippen LogP contribution is 2.37. The fourth-order valence-corrected chi connectivity index (χ4v) is 3.87. The molecule has 1 aromatic heterocycles. The van der Waals surface area contributed by atoms with Crippen molar-refractivity contribution < 1.29 is 0 Å². The Morgan fingerprint density at radius 2 is 2.38 bits per heavy atom. The van der Waals surface area contributed by atoms with Gasteiger partial charge >= 0.3 is 0 Å². The Morgan fingerprint density at radius 1 is 1.57 bits per heavy atom. The third-order valence-corrected chi connectivity index (χ3v) is 4.84. The van der Waals surface area contributed by atoms with Crippen molar-refractivity contribution in [2.75, 3.05) is 26.7 Å². The normalized spacial score (nSPS) is 23.6. The van der Waals surface area contributed by atoms with E-state index in [1.54, 1.807) is 0 Å². The summed E-state index contributed by atoms with van der Waals surface area (Å²) < 4.78 is 0. The molecule has 0 saturated carbocycles. The highest BCUT2D eigenvalue weighted by molar-refractivity contribution is 14.0. The molecule has 1 aliphatic heterocycles. The Balaban J connectivity index is 0.00000220. The maximum Gasteiger partial charge on any atom is 0.188 e. The van der Waals surface area contributed by atoms with Crippen molar-refractivity contribution in [3.8, 4) is 0 Å². The van der Waals surface area contributed by atoms with E-state index in [0.717, 1.165) is 19.5 Å². The molecular formula is C15H27IN4S. The first kappa shape index (κ1) is 18.7. The van der Waals surface area contributed by atoms with Crippen molar-refractivity contribution in [2.24, 2.45) is 16.6 Å². The quantitative estimate of drug-likeness (QED) is 0.436. The minimum Gasteiger partial charge on any atom is -0.370 e. The monoisotopic (exact) mass is 422 g/mol. The standard InChI is InChI=1S/C15H26N4S.HI/c1-3-8-17-15(16)18-11-12-6-4-9-19(2)14(12)13-7-5-10-20-13;/h5,7,10,12,14H,3-4,6,8-9,11H2,1-2H3,(H3,16,17,18);1H. The number of rotatable bonds is 5. The summed E-state index contributed by atoms with van der Waals surface area (Å²) in [6, 6.07) is 4.87. The van der Waals surface area contributed by atoms with Gasteiger partial charge in [0.25, 0.3) is 0 Å². The minimum absolute atomic E-state index is 0. The topological polar surface area (TPSA) is 53.6 Å². The van der Waals surface area contributed by atoms with Gasteiger partial charge in [-0.25, -0.2) is 0 Å². The molecule has 4 nitrogen and oxygen atoms in total. The van der Waals surface area contributed by atoms with Gasteiger partial charge in [0.15, 0.2) is 5.96 Å². The van der Waals surface area contributed by atoms with Crippen LogP contribution in [0.4, 0.5) is 0 Å². The van der Waals surface area contributed by atoms with Gasteiger partial charge in [0.1, 0.15) is 0 Å². The molecule has 2 unspecified atom stereocenters. The van der Waals surface area contributed by atoms with Gasteiger partial charge in [-0.2, -0.15) is 0 Å². The number of thiophene rings is 1. The lowest BCUT2D eigenvalue weighted by Gasteiger charge is -2.38. The maximum atomic E-state index is 5.90. The van der Waals surface area contributed by atoms with E-state index >= 15 is 0 Å². The molecule has 0 radical (unpaired) electrons. The second-order valence-corrected chi connectivity index (χ2v) is 6.48. The molecule has 0 spiro atoms. The Hall–Kier alpha value is -0.340. The number of nitrogens with zero attached hydrogens (tertiary/aromatic N) is 2. The fourth-order valence-electron chi connectivity index (χ4n) is 2.88. The minimum atomic E-state index is 0. The molecule has 1 fully saturated rings. The number of aliphatic imine (C=N–C) groups is 1. The molecule has 0 aliphatic carbocycles. The second kappa shape index (κ2) is 9.63. The Labute approximate surface area is 149 Å². The van der Waals surface area contributed by atoms with Gasteiger partial charge in [0, 0.05) is 24.0 Å². The number of hydrogen-bond acceptors (Lipinski definition) is 3. The molecule has 1 saturated heterocycles. The van der Waals surface area contributed by atoms with Crippen molar-refractivity contribution in [3.05, 3.63) is 22.4 Å². The van der Waals surface area contributed by atoms with Gasteiger partial charge in [-0.05, 0) is 50.2 Å². The summed E-state index contributed by atoms with van der Waals surface area (Å²) >= 11 is 1.85. The second-order valence-electron chi connectivity index (χ2n) is 5.50. The van der Waals surface area contributed by atoms with E-state index in [4.69, 9.17) is 5.73 Å². The van der Waals surface area contributed by atoms with Crippen molar-refractivity contribution in [1.82, 2.24) is 10.2 Å². The van der Waals surface area contributed by atoms with Crippen LogP contribution in [-0.4, -0.2) is 37.5 Å². The zero-order chi connectivity index (χ0) is 14.4. The van der Waals surface area contributed by atoms with Gasteiger partial charge in [0.05, 0.1) is 0 Å². The number of hydrogen-bond donors (Lipinski definition) is 2. The van der Waals surface area contributed by atoms with E-state index in [1.165, 1.54) is 24.3 Å². The molecule has 0 bridgehead atoms. The summed E-state index contributed by atoms with van der Waals surface area (Å²) in [7, 11) is 2.22. The van der Waals surface area contributed by atoms with Gasteiger partial charge < -0.3 is 11.1 Å². The maximum absolute atomic E-state index is 5.90. The average molecular weight is 422 g/mol. The molecular weight excluding hydrogens is 395 g/mol. The Bertz CT molecular complexity index is 421. The van der Waals surface area contributed by atoms with Crippen LogP contribution in [0.3, 0.4) is 0 Å². The van der Waals surface area contributed by atoms with E-state index in [-0.39, 0.29) is 24.0 Å². The Kier molecular flexibility index (Phi) is 8.58. The summed E-state index contributed by atoms with van der Waals surface area (Å²) in [6.45, 7) is 5.01. The lowest BCUT2D eigenvalue weighted by Crippen LogP contribution is -2.38. The van der Waals surface area contributed by atoms with Crippen LogP contribution >= 0.6 is 35.3 Å². The first-order valence-electron chi connectivity index (χ1n) is 7.49. The smallest absolute Gasteiger partial charge is 0.188 e. The van der Waals surface area contributed by atoms with Crippen molar-refractivity contribution in [3.63, 3.8) is 0 Å². The summed E-state index contributed by atoms with van der Waals surface area (Å²) in [5.41, 5.74) is 5.90. The lowest BCUT2D eigenvalue weighted by atomic mass is 9.88. The zero-order valence-corrected chi connectivity index (χ0v) is 16.1. The summed E-state index contributed by atoms with van der Waals surface area (Å²) in [4.78, 5) is 8.46. The largest absolute Gasteiger partial charge is 0.370 e. The molecule has 120 valence electrons. The number of likely N-dealkylation sites (tertiary alicyclic amines) is 1. The van der Waals surface area contributed by atoms with Crippen LogP contribution in [0.1, 0.15) is 37.1 Å². The Morgan fingerprint density at radius 3 is 3.05 bits per heavy atom. The third kappa shape index (κ3) is 5.41. The third-order valence-electron chi connectivity index (χ3n) is 3.89. The highest BCUT2D eigenvalue weighted by atomic mass is 127. The molecule has 6 heteroatoms. The van der Waals surface area contributed by atoms with Crippen molar-refractivity contribution >= 4 is 41.3 Å². The number of halogens is 1. The highest BCUT2D eigenvalue weighted by Gasteiger charge is 2.30. The number of nitrogens with two attached hydrogens (primary N) is 1. The molecule has 2 heterocycles. The van der Waals surface area contributed by atoms with Gasteiger partial charge in [-0.1, -0.05) is 13.0 Å². The SMILES string of the molecule is CCCNC(N)=NCC1CCCN(C)C1c1cccs1.I. The molecule has 0 aromatic carbocycles. The average Bonchev–Trinajstić information content (AvgIpc) is 2.96. The van der Waals surface area contributed by atoms with Crippen LogP contribution in [0, 0.1) is 5.92 Å². The molecule has 21 heavy (non-hydrogen) atoms. The van der Waals surface area contributed by atoms with E-state index in [1.807, 2.05) is 11.3 Å². The summed E-state index contributed by atoms with van der Waals surface area (Å²) in [5, 5.41) is 5.31. The molecule has 3 N–H and O–H groups in total. The number of guanidine groups is 1. The van der Waals surface area contributed by atoms with Crippen LogP contribution in [-0.2, 0) is 0 Å². The molecule has 1 aromatic rings. The van der Waals surface area contributed by atoms with E-state index in [2.05, 4.69) is 46.7 Å². The molecule has 2 rings (SSSR count). The van der Waals surface area contributed by atoms with E-state index < -0.39 is 0 Å². The fraction of sp³-hybridized carbons (Fsp3) is 0.667. The first-order chi connectivity index (χ1) is 9.72. The summed E-state index contributed by atoms with van der Waals surface area (Å²) in [6.07, 6.45) is 3.55. The molecule has 0 amide bonds. The first-order valence-corrected chi connectivity index (χ1v) is 8.37. The van der Waals surface area contributed by atoms with Gasteiger partial charge in [-0.15, -0.1) is 35.3 Å². The summed E-state index contributed by atoms with van der Waals surface area (Å²) in [5.74, 6) is 1.15. The van der Waals surface area contributed by atoms with Gasteiger partial charge in [0.2, 0.25) is 0 Å². The predicted molar refractivity (Wildman–Crippen MR) is 103 cm³/mol. The van der Waals surface area contributed by atoms with Crippen LogP contribution in [0.2, 0.25) is 0 Å². The van der Waals surface area contributed by atoms with Crippen molar-refractivity contribution in [2.45, 2.75) is 32.2 Å². The van der Waals surface area contributed by atoms with E-state index in [0.29, 0.717) is 17.9 Å². The zero-order valence-electron chi connectivity index (χ0n) is 12.9.